The van der Waals surface area contributed by atoms with Crippen LogP contribution in [-0.4, -0.2) is 15.5 Å². The predicted molar refractivity (Wildman–Crippen MR) is 131 cm³/mol. The molecule has 0 unspecified atom stereocenters. The van der Waals surface area contributed by atoms with Gasteiger partial charge in [0.25, 0.3) is 11.5 Å². The van der Waals surface area contributed by atoms with Crippen LogP contribution in [0.1, 0.15) is 5.69 Å². The van der Waals surface area contributed by atoms with E-state index >= 15 is 0 Å². The molecule has 0 fully saturated rings. The lowest BCUT2D eigenvalue weighted by molar-refractivity contribution is -0.111. The smallest absolute Gasteiger partial charge is 0.273 e. The molecule has 6 nitrogen and oxygen atoms in total. The summed E-state index contributed by atoms with van der Waals surface area (Å²) < 4.78 is 15.1. The maximum Gasteiger partial charge on any atom is 0.273 e. The molecular weight excluding hydrogens is 498 g/mol. The minimum atomic E-state index is -0.779. The lowest BCUT2D eigenvalue weighted by Crippen LogP contribution is -2.32. The summed E-state index contributed by atoms with van der Waals surface area (Å²) >= 11 is 12.7. The largest absolute Gasteiger partial charge is 0.321 e. The van der Waals surface area contributed by atoms with Gasteiger partial charge in [-0.25, -0.2) is 4.39 Å². The van der Waals surface area contributed by atoms with Gasteiger partial charge in [0.05, 0.1) is 20.9 Å². The number of anilines is 1. The first kappa shape index (κ1) is 23.4. The number of rotatable bonds is 4. The third kappa shape index (κ3) is 4.92. The number of hydrogen-bond donors (Lipinski definition) is 1. The number of nitrogens with zero attached hydrogens (tertiary/aromatic N) is 3. The minimum absolute atomic E-state index is 0.114. The van der Waals surface area contributed by atoms with Crippen LogP contribution in [0.3, 0.4) is 0 Å². The zero-order valence-electron chi connectivity index (χ0n) is 17.1. The van der Waals surface area contributed by atoms with Crippen molar-refractivity contribution in [1.29, 1.82) is 5.26 Å². The highest BCUT2D eigenvalue weighted by Gasteiger charge is 2.18. The number of amides is 1. The van der Waals surface area contributed by atoms with Crippen LogP contribution in [0.15, 0.2) is 71.7 Å². The molecule has 10 heteroatoms. The van der Waals surface area contributed by atoms with E-state index in [2.05, 4.69) is 10.3 Å². The highest BCUT2D eigenvalue weighted by molar-refractivity contribution is 7.07. The molecule has 4 aromatic rings. The quantitative estimate of drug-likeness (QED) is 0.451. The van der Waals surface area contributed by atoms with E-state index in [0.29, 0.717) is 16.4 Å². The molecule has 0 saturated heterocycles. The van der Waals surface area contributed by atoms with E-state index in [1.807, 2.05) is 6.07 Å². The lowest BCUT2D eigenvalue weighted by atomic mass is 10.2. The van der Waals surface area contributed by atoms with Crippen molar-refractivity contribution in [2.24, 2.45) is 0 Å². The number of nitriles is 1. The Balaban J connectivity index is 1.94. The number of nitrogens with one attached hydrogen (secondary N) is 1. The van der Waals surface area contributed by atoms with Gasteiger partial charge in [-0.1, -0.05) is 29.3 Å². The summed E-state index contributed by atoms with van der Waals surface area (Å²) in [5, 5.41) is 12.6. The molecular formula is C24H13Cl2FN4O2S. The van der Waals surface area contributed by atoms with Crippen LogP contribution >= 0.6 is 34.5 Å². The third-order valence-corrected chi connectivity index (χ3v) is 6.24. The number of aromatic nitrogens is 2. The fraction of sp³-hybridized carbons (Fsp3) is 0. The Morgan fingerprint density at radius 3 is 2.56 bits per heavy atom. The standard InChI is InChI=1S/C24H13Cl2FN4O2S/c25-14-4-7-17(8-5-14)31-23(33)21(12-15-3-1-2-10-29-15)34-24(31)18(13-28)22(32)30-16-6-9-20(27)19(26)11-16/h1-12H,(H,30,32)/b21-12-,24-18+. The summed E-state index contributed by atoms with van der Waals surface area (Å²) in [7, 11) is 0. The summed E-state index contributed by atoms with van der Waals surface area (Å²) in [4.78, 5) is 30.5. The molecule has 2 aromatic heterocycles. The van der Waals surface area contributed by atoms with Gasteiger partial charge in [-0.05, 0) is 60.7 Å². The number of halogens is 3. The highest BCUT2D eigenvalue weighted by Crippen LogP contribution is 2.20. The molecule has 34 heavy (non-hydrogen) atoms. The number of carbonyl (C=O) groups excluding carboxylic acids is 1. The summed E-state index contributed by atoms with van der Waals surface area (Å²) in [6.07, 6.45) is 3.17. The van der Waals surface area contributed by atoms with Gasteiger partial charge in [-0.3, -0.25) is 19.1 Å². The van der Waals surface area contributed by atoms with Crippen LogP contribution in [0.4, 0.5) is 10.1 Å². The van der Waals surface area contributed by atoms with E-state index in [-0.39, 0.29) is 25.5 Å². The van der Waals surface area contributed by atoms with Gasteiger partial charge in [-0.2, -0.15) is 5.26 Å². The summed E-state index contributed by atoms with van der Waals surface area (Å²) in [6.45, 7) is 0. The molecule has 2 aromatic carbocycles. The average molecular weight is 511 g/mol. The Kier molecular flexibility index (Phi) is 6.89. The van der Waals surface area contributed by atoms with Crippen molar-refractivity contribution in [1.82, 2.24) is 9.55 Å². The number of hydrogen-bond acceptors (Lipinski definition) is 5. The highest BCUT2D eigenvalue weighted by atomic mass is 35.5. The minimum Gasteiger partial charge on any atom is -0.321 e. The van der Waals surface area contributed by atoms with Crippen LogP contribution < -0.4 is 20.1 Å². The zero-order chi connectivity index (χ0) is 24.2. The second-order valence-corrected chi connectivity index (χ2v) is 8.73. The first-order valence-electron chi connectivity index (χ1n) is 9.69. The Labute approximate surface area is 206 Å². The third-order valence-electron chi connectivity index (χ3n) is 4.61. The van der Waals surface area contributed by atoms with E-state index in [1.54, 1.807) is 54.7 Å². The molecule has 1 amide bonds. The lowest BCUT2D eigenvalue weighted by Gasteiger charge is -2.06. The van der Waals surface area contributed by atoms with E-state index in [4.69, 9.17) is 23.2 Å². The molecule has 0 aliphatic heterocycles. The molecule has 0 aliphatic carbocycles. The molecule has 0 aliphatic rings. The Morgan fingerprint density at radius 2 is 1.91 bits per heavy atom. The first-order valence-corrected chi connectivity index (χ1v) is 11.3. The van der Waals surface area contributed by atoms with E-state index in [1.165, 1.54) is 16.7 Å². The van der Waals surface area contributed by atoms with Crippen molar-refractivity contribution < 1.29 is 9.18 Å². The van der Waals surface area contributed by atoms with Gasteiger partial charge >= 0.3 is 0 Å². The van der Waals surface area contributed by atoms with Gasteiger partial charge < -0.3 is 5.32 Å². The first-order chi connectivity index (χ1) is 16.4. The van der Waals surface area contributed by atoms with Crippen molar-refractivity contribution in [3.05, 3.63) is 108 Å². The fourth-order valence-electron chi connectivity index (χ4n) is 3.03. The van der Waals surface area contributed by atoms with Crippen molar-refractivity contribution >= 4 is 57.8 Å². The van der Waals surface area contributed by atoms with Crippen molar-refractivity contribution in [3.63, 3.8) is 0 Å². The normalized spacial score (nSPS) is 12.2. The van der Waals surface area contributed by atoms with Gasteiger partial charge in [0.1, 0.15) is 16.5 Å². The van der Waals surface area contributed by atoms with Crippen LogP contribution in [0.5, 0.6) is 0 Å². The molecule has 4 rings (SSSR count). The summed E-state index contributed by atoms with van der Waals surface area (Å²) in [5.74, 6) is -1.42. The van der Waals surface area contributed by atoms with Crippen molar-refractivity contribution in [3.8, 4) is 11.8 Å². The topological polar surface area (TPSA) is 87.8 Å². The zero-order valence-corrected chi connectivity index (χ0v) is 19.5. The Morgan fingerprint density at radius 1 is 1.15 bits per heavy atom. The molecule has 168 valence electrons. The van der Waals surface area contributed by atoms with Crippen molar-refractivity contribution in [2.75, 3.05) is 5.32 Å². The molecule has 0 bridgehead atoms. The Bertz CT molecular complexity index is 1610. The number of carbonyl (C=O) groups is 1. The second kappa shape index (κ2) is 10.0. The van der Waals surface area contributed by atoms with Crippen LogP contribution in [0.2, 0.25) is 10.0 Å². The van der Waals surface area contributed by atoms with E-state index in [0.717, 1.165) is 17.4 Å². The van der Waals surface area contributed by atoms with Crippen LogP contribution in [-0.2, 0) is 4.79 Å². The molecule has 0 radical (unpaired) electrons. The molecule has 1 N–H and O–H groups in total. The molecule has 0 saturated carbocycles. The van der Waals surface area contributed by atoms with Crippen molar-refractivity contribution in [2.45, 2.75) is 0 Å². The van der Waals surface area contributed by atoms with Gasteiger partial charge in [0, 0.05) is 16.9 Å². The molecule has 0 spiro atoms. The van der Waals surface area contributed by atoms with E-state index < -0.39 is 17.3 Å². The number of benzene rings is 2. The second-order valence-electron chi connectivity index (χ2n) is 6.86. The van der Waals surface area contributed by atoms with Gasteiger partial charge in [0.15, 0.2) is 5.57 Å². The van der Waals surface area contributed by atoms with Crippen LogP contribution in [0.25, 0.3) is 17.3 Å². The molecule has 0 atom stereocenters. The average Bonchev–Trinajstić information content (AvgIpc) is 3.13. The summed E-state index contributed by atoms with van der Waals surface area (Å²) in [6, 6.07) is 17.2. The van der Waals surface area contributed by atoms with Gasteiger partial charge in [-0.15, -0.1) is 11.3 Å². The SMILES string of the molecule is N#C/C(C(=O)Nc1ccc(F)c(Cl)c1)=c1\s/c(=C\c2ccccn2)c(=O)n1-c1ccc(Cl)cc1. The maximum atomic E-state index is 13.5. The van der Waals surface area contributed by atoms with E-state index in [9.17, 15) is 19.2 Å². The van der Waals surface area contributed by atoms with Gasteiger partial charge in [0.2, 0.25) is 0 Å². The summed E-state index contributed by atoms with van der Waals surface area (Å²) in [5.41, 5.74) is 0.421. The Hall–Kier alpha value is -3.77. The monoisotopic (exact) mass is 510 g/mol. The maximum absolute atomic E-state index is 13.5. The molecule has 2 heterocycles. The number of thiazole rings is 1. The predicted octanol–water partition coefficient (Wildman–Crippen LogP) is 3.88. The number of pyridine rings is 1. The fourth-order valence-corrected chi connectivity index (χ4v) is 4.43. The van der Waals surface area contributed by atoms with Crippen LogP contribution in [0, 0.1) is 17.1 Å².